The summed E-state index contributed by atoms with van der Waals surface area (Å²) in [4.78, 5) is 6.72. The predicted octanol–water partition coefficient (Wildman–Crippen LogP) is 3.35. The molecule has 25 heavy (non-hydrogen) atoms. The molecule has 0 amide bonds. The van der Waals surface area contributed by atoms with Crippen LogP contribution in [0.1, 0.15) is 0 Å². The summed E-state index contributed by atoms with van der Waals surface area (Å²) in [6.07, 6.45) is 4.29. The zero-order valence-corrected chi connectivity index (χ0v) is 13.4. The van der Waals surface area contributed by atoms with Crippen LogP contribution in [0.5, 0.6) is 11.6 Å². The monoisotopic (exact) mass is 363 g/mol. The Morgan fingerprint density at radius 3 is 2.40 bits per heavy atom. The molecule has 128 valence electrons. The van der Waals surface area contributed by atoms with Crippen LogP contribution in [0.15, 0.2) is 66.0 Å². The van der Waals surface area contributed by atoms with Crippen LogP contribution in [0.4, 0.5) is 14.5 Å². The number of benzene rings is 2. The Kier molecular flexibility index (Phi) is 4.57. The van der Waals surface area contributed by atoms with Crippen molar-refractivity contribution in [1.29, 1.82) is 0 Å². The third-order valence-corrected chi connectivity index (χ3v) is 4.47. The molecular formula is C16H11F2N3O3S. The van der Waals surface area contributed by atoms with Gasteiger partial charge in [0.2, 0.25) is 5.88 Å². The fourth-order valence-electron chi connectivity index (χ4n) is 2.03. The molecule has 3 rings (SSSR count). The topological polar surface area (TPSA) is 81.2 Å². The summed E-state index contributed by atoms with van der Waals surface area (Å²) >= 11 is 0. The van der Waals surface area contributed by atoms with Gasteiger partial charge < -0.3 is 4.74 Å². The first-order valence-corrected chi connectivity index (χ1v) is 8.45. The van der Waals surface area contributed by atoms with E-state index in [1.54, 1.807) is 6.07 Å². The Bertz CT molecular complexity index is 978. The van der Waals surface area contributed by atoms with E-state index < -0.39 is 26.6 Å². The summed E-state index contributed by atoms with van der Waals surface area (Å²) in [7, 11) is -4.45. The highest BCUT2D eigenvalue weighted by Crippen LogP contribution is 2.25. The standard InChI is InChI=1S/C16H11F2N3O3S/c17-13-5-2-6-14(18)16(13)25(22,23)21-11-3-1-4-12(9-11)24-15-10-19-7-8-20-15/h1-10,21H. The number of aromatic nitrogens is 2. The van der Waals surface area contributed by atoms with Gasteiger partial charge in [-0.05, 0) is 24.3 Å². The zero-order chi connectivity index (χ0) is 17.9. The molecule has 2 aromatic carbocycles. The number of sulfonamides is 1. The lowest BCUT2D eigenvalue weighted by Gasteiger charge is -2.11. The van der Waals surface area contributed by atoms with Gasteiger partial charge >= 0.3 is 0 Å². The molecule has 0 aliphatic rings. The van der Waals surface area contributed by atoms with Gasteiger partial charge in [-0.1, -0.05) is 12.1 Å². The van der Waals surface area contributed by atoms with E-state index in [9.17, 15) is 17.2 Å². The quantitative estimate of drug-likeness (QED) is 0.752. The largest absolute Gasteiger partial charge is 0.437 e. The molecule has 0 fully saturated rings. The van der Waals surface area contributed by atoms with Crippen LogP contribution >= 0.6 is 0 Å². The van der Waals surface area contributed by atoms with Crippen molar-refractivity contribution in [3.8, 4) is 11.6 Å². The van der Waals surface area contributed by atoms with Crippen molar-refractivity contribution >= 4 is 15.7 Å². The second-order valence-corrected chi connectivity index (χ2v) is 6.45. The maximum atomic E-state index is 13.7. The van der Waals surface area contributed by atoms with Crippen molar-refractivity contribution in [2.24, 2.45) is 0 Å². The molecule has 0 aliphatic heterocycles. The highest BCUT2D eigenvalue weighted by Gasteiger charge is 2.24. The Morgan fingerprint density at radius 1 is 1.00 bits per heavy atom. The van der Waals surface area contributed by atoms with Gasteiger partial charge in [0.25, 0.3) is 10.0 Å². The van der Waals surface area contributed by atoms with Gasteiger partial charge in [-0.25, -0.2) is 22.2 Å². The molecular weight excluding hydrogens is 352 g/mol. The molecule has 1 aromatic heterocycles. The van der Waals surface area contributed by atoms with Crippen LogP contribution in [0.2, 0.25) is 0 Å². The minimum atomic E-state index is -4.45. The lowest BCUT2D eigenvalue weighted by atomic mass is 10.3. The second kappa shape index (κ2) is 6.81. The zero-order valence-electron chi connectivity index (χ0n) is 12.6. The highest BCUT2D eigenvalue weighted by atomic mass is 32.2. The number of anilines is 1. The van der Waals surface area contributed by atoms with Crippen LogP contribution in [-0.2, 0) is 10.0 Å². The number of hydrogen-bond acceptors (Lipinski definition) is 5. The first-order valence-electron chi connectivity index (χ1n) is 6.96. The van der Waals surface area contributed by atoms with Crippen molar-refractivity contribution in [2.45, 2.75) is 4.90 Å². The Labute approximate surface area is 142 Å². The molecule has 0 atom stereocenters. The number of hydrogen-bond donors (Lipinski definition) is 1. The Hall–Kier alpha value is -3.07. The maximum Gasteiger partial charge on any atom is 0.267 e. The number of nitrogens with zero attached hydrogens (tertiary/aromatic N) is 2. The molecule has 0 saturated carbocycles. The van der Waals surface area contributed by atoms with E-state index in [2.05, 4.69) is 14.7 Å². The smallest absolute Gasteiger partial charge is 0.267 e. The Balaban J connectivity index is 1.87. The van der Waals surface area contributed by atoms with E-state index in [0.29, 0.717) is 0 Å². The lowest BCUT2D eigenvalue weighted by molar-refractivity contribution is 0.460. The van der Waals surface area contributed by atoms with Crippen LogP contribution in [-0.4, -0.2) is 18.4 Å². The average Bonchev–Trinajstić information content (AvgIpc) is 2.55. The molecule has 0 bridgehead atoms. The summed E-state index contributed by atoms with van der Waals surface area (Å²) in [5.74, 6) is -1.88. The summed E-state index contributed by atoms with van der Waals surface area (Å²) in [5.41, 5.74) is 0.0732. The van der Waals surface area contributed by atoms with Crippen LogP contribution in [0.3, 0.4) is 0 Å². The molecule has 9 heteroatoms. The molecule has 1 N–H and O–H groups in total. The van der Waals surface area contributed by atoms with Crippen molar-refractivity contribution in [2.75, 3.05) is 4.72 Å². The minimum Gasteiger partial charge on any atom is -0.437 e. The van der Waals surface area contributed by atoms with Gasteiger partial charge in [0, 0.05) is 18.5 Å². The first-order chi connectivity index (χ1) is 12.0. The first kappa shape index (κ1) is 16.8. The Morgan fingerprint density at radius 2 is 1.72 bits per heavy atom. The molecule has 0 unspecified atom stereocenters. The number of ether oxygens (including phenoxy) is 1. The molecule has 1 heterocycles. The number of halogens is 2. The molecule has 3 aromatic rings. The fraction of sp³-hybridized carbons (Fsp3) is 0. The highest BCUT2D eigenvalue weighted by molar-refractivity contribution is 7.92. The molecule has 6 nitrogen and oxygen atoms in total. The van der Waals surface area contributed by atoms with Crippen LogP contribution < -0.4 is 9.46 Å². The van der Waals surface area contributed by atoms with Gasteiger partial charge in [-0.15, -0.1) is 0 Å². The maximum absolute atomic E-state index is 13.7. The normalized spacial score (nSPS) is 11.1. The second-order valence-electron chi connectivity index (χ2n) is 4.83. The van der Waals surface area contributed by atoms with Crippen molar-refractivity contribution in [1.82, 2.24) is 9.97 Å². The SMILES string of the molecule is O=S(=O)(Nc1cccc(Oc2cnccn2)c1)c1c(F)cccc1F. The summed E-state index contributed by atoms with van der Waals surface area (Å²) in [6.45, 7) is 0. The van der Waals surface area contributed by atoms with Crippen molar-refractivity contribution in [3.63, 3.8) is 0 Å². The molecule has 0 saturated heterocycles. The third kappa shape index (κ3) is 3.89. The van der Waals surface area contributed by atoms with E-state index in [-0.39, 0.29) is 17.3 Å². The summed E-state index contributed by atoms with van der Waals surface area (Å²) < 4.78 is 59.5. The van der Waals surface area contributed by atoms with Gasteiger partial charge in [-0.2, -0.15) is 0 Å². The minimum absolute atomic E-state index is 0.0732. The summed E-state index contributed by atoms with van der Waals surface area (Å²) in [5, 5.41) is 0. The van der Waals surface area contributed by atoms with Gasteiger partial charge in [-0.3, -0.25) is 9.71 Å². The number of rotatable bonds is 5. The van der Waals surface area contributed by atoms with E-state index in [1.165, 1.54) is 36.8 Å². The van der Waals surface area contributed by atoms with Crippen molar-refractivity contribution in [3.05, 3.63) is 72.7 Å². The molecule has 0 radical (unpaired) electrons. The third-order valence-electron chi connectivity index (χ3n) is 3.04. The van der Waals surface area contributed by atoms with E-state index in [1.807, 2.05) is 0 Å². The van der Waals surface area contributed by atoms with Gasteiger partial charge in [0.1, 0.15) is 17.4 Å². The van der Waals surface area contributed by atoms with Crippen LogP contribution in [0, 0.1) is 11.6 Å². The molecule has 0 spiro atoms. The predicted molar refractivity (Wildman–Crippen MR) is 85.7 cm³/mol. The number of nitrogens with one attached hydrogen (secondary N) is 1. The van der Waals surface area contributed by atoms with Gasteiger partial charge in [0.15, 0.2) is 4.90 Å². The fourth-order valence-corrected chi connectivity index (χ4v) is 3.22. The van der Waals surface area contributed by atoms with E-state index >= 15 is 0 Å². The van der Waals surface area contributed by atoms with Gasteiger partial charge in [0.05, 0.1) is 11.9 Å². The van der Waals surface area contributed by atoms with E-state index in [0.717, 1.165) is 18.2 Å². The molecule has 0 aliphatic carbocycles. The lowest BCUT2D eigenvalue weighted by Crippen LogP contribution is -2.16. The van der Waals surface area contributed by atoms with Crippen LogP contribution in [0.25, 0.3) is 0 Å². The van der Waals surface area contributed by atoms with Crippen molar-refractivity contribution < 1.29 is 21.9 Å². The average molecular weight is 363 g/mol. The van der Waals surface area contributed by atoms with E-state index in [4.69, 9.17) is 4.74 Å². The summed E-state index contributed by atoms with van der Waals surface area (Å²) in [6, 6.07) is 8.66.